The van der Waals surface area contributed by atoms with Gasteiger partial charge in [-0.05, 0) is 22.0 Å². The van der Waals surface area contributed by atoms with Gasteiger partial charge in [0.1, 0.15) is 5.82 Å². The lowest BCUT2D eigenvalue weighted by Gasteiger charge is -2.09. The van der Waals surface area contributed by atoms with Gasteiger partial charge in [-0.3, -0.25) is 4.79 Å². The second-order valence-electron chi connectivity index (χ2n) is 3.46. The molecule has 0 atom stereocenters. The fourth-order valence-electron chi connectivity index (χ4n) is 1.22. The largest absolute Gasteiger partial charge is 0.383 e. The normalized spacial score (nSPS) is 10.4. The van der Waals surface area contributed by atoms with Gasteiger partial charge in [-0.15, -0.1) is 0 Å². The van der Waals surface area contributed by atoms with E-state index in [4.69, 9.17) is 4.74 Å². The molecule has 1 amide bonds. The van der Waals surface area contributed by atoms with Crippen LogP contribution in [0.5, 0.6) is 0 Å². The fraction of sp³-hybridized carbons (Fsp3) is 0.364. The Kier molecular flexibility index (Phi) is 6.17. The van der Waals surface area contributed by atoms with Gasteiger partial charge < -0.3 is 15.4 Å². The van der Waals surface area contributed by atoms with Crippen LogP contribution in [-0.4, -0.2) is 32.7 Å². The van der Waals surface area contributed by atoms with Crippen LogP contribution in [0.1, 0.15) is 0 Å². The van der Waals surface area contributed by atoms with Crippen molar-refractivity contribution in [3.05, 3.63) is 28.2 Å². The molecule has 0 aliphatic rings. The van der Waals surface area contributed by atoms with Crippen LogP contribution in [0.15, 0.2) is 16.6 Å². The van der Waals surface area contributed by atoms with Crippen molar-refractivity contribution in [3.8, 4) is 0 Å². The van der Waals surface area contributed by atoms with Gasteiger partial charge in [0.2, 0.25) is 5.91 Å². The molecule has 0 bridgehead atoms. The summed E-state index contributed by atoms with van der Waals surface area (Å²) >= 11 is 2.98. The van der Waals surface area contributed by atoms with Crippen LogP contribution in [0.3, 0.4) is 0 Å². The molecule has 0 unspecified atom stereocenters. The van der Waals surface area contributed by atoms with E-state index in [9.17, 15) is 13.6 Å². The Bertz CT molecular complexity index is 406. The monoisotopic (exact) mass is 322 g/mol. The molecule has 1 rings (SSSR count). The number of rotatable bonds is 6. The topological polar surface area (TPSA) is 50.4 Å². The summed E-state index contributed by atoms with van der Waals surface area (Å²) < 4.78 is 31.2. The Labute approximate surface area is 112 Å². The average Bonchev–Trinajstić information content (AvgIpc) is 2.29. The van der Waals surface area contributed by atoms with Crippen molar-refractivity contribution >= 4 is 27.5 Å². The SMILES string of the molecule is COCCNCC(=O)Nc1c(F)cc(F)cc1Br. The third-order valence-corrected chi connectivity index (χ3v) is 2.67. The summed E-state index contributed by atoms with van der Waals surface area (Å²) in [5.74, 6) is -1.96. The highest BCUT2D eigenvalue weighted by Crippen LogP contribution is 2.26. The number of halogens is 3. The summed E-state index contributed by atoms with van der Waals surface area (Å²) in [5.41, 5.74) is -0.0741. The number of amides is 1. The van der Waals surface area contributed by atoms with Gasteiger partial charge in [0, 0.05) is 24.2 Å². The van der Waals surface area contributed by atoms with Crippen LogP contribution in [-0.2, 0) is 9.53 Å². The molecule has 1 aromatic carbocycles. The van der Waals surface area contributed by atoms with E-state index in [1.54, 1.807) is 7.11 Å². The van der Waals surface area contributed by atoms with Crippen LogP contribution in [0, 0.1) is 11.6 Å². The highest BCUT2D eigenvalue weighted by Gasteiger charge is 2.12. The molecule has 7 heteroatoms. The summed E-state index contributed by atoms with van der Waals surface area (Å²) in [5, 5.41) is 5.16. The van der Waals surface area contributed by atoms with Crippen molar-refractivity contribution < 1.29 is 18.3 Å². The first-order valence-electron chi connectivity index (χ1n) is 5.18. The zero-order valence-corrected chi connectivity index (χ0v) is 11.3. The molecule has 0 aromatic heterocycles. The Balaban J connectivity index is 2.54. The van der Waals surface area contributed by atoms with Crippen molar-refractivity contribution in [2.45, 2.75) is 0 Å². The molecule has 0 fully saturated rings. The number of benzene rings is 1. The van der Waals surface area contributed by atoms with Crippen molar-refractivity contribution in [2.24, 2.45) is 0 Å². The summed E-state index contributed by atoms with van der Waals surface area (Å²) in [7, 11) is 1.55. The molecule has 100 valence electrons. The Morgan fingerprint density at radius 1 is 1.44 bits per heavy atom. The number of carbonyl (C=O) groups is 1. The molecule has 0 heterocycles. The molecule has 18 heavy (non-hydrogen) atoms. The van der Waals surface area contributed by atoms with Gasteiger partial charge in [0.05, 0.1) is 18.8 Å². The predicted octanol–water partition coefficient (Wildman–Crippen LogP) is 1.90. The third-order valence-electron chi connectivity index (χ3n) is 2.04. The molecule has 0 aliphatic heterocycles. The Morgan fingerprint density at radius 3 is 2.78 bits per heavy atom. The lowest BCUT2D eigenvalue weighted by molar-refractivity contribution is -0.115. The minimum absolute atomic E-state index is 0.0205. The fourth-order valence-corrected chi connectivity index (χ4v) is 1.73. The molecule has 0 aliphatic carbocycles. The maximum atomic E-state index is 13.4. The molecule has 0 radical (unpaired) electrons. The van der Waals surface area contributed by atoms with E-state index < -0.39 is 17.5 Å². The molecular formula is C11H13BrF2N2O2. The Hall–Kier alpha value is -1.05. The van der Waals surface area contributed by atoms with E-state index in [-0.39, 0.29) is 16.7 Å². The van der Waals surface area contributed by atoms with Gasteiger partial charge in [0.25, 0.3) is 0 Å². The summed E-state index contributed by atoms with van der Waals surface area (Å²) in [6, 6.07) is 1.79. The van der Waals surface area contributed by atoms with E-state index in [1.807, 2.05) is 0 Å². The molecule has 2 N–H and O–H groups in total. The lowest BCUT2D eigenvalue weighted by Crippen LogP contribution is -2.30. The number of ether oxygens (including phenoxy) is 1. The van der Waals surface area contributed by atoms with Crippen molar-refractivity contribution in [1.29, 1.82) is 0 Å². The number of anilines is 1. The smallest absolute Gasteiger partial charge is 0.238 e. The van der Waals surface area contributed by atoms with E-state index >= 15 is 0 Å². The van der Waals surface area contributed by atoms with Gasteiger partial charge in [0.15, 0.2) is 5.82 Å². The van der Waals surface area contributed by atoms with Gasteiger partial charge in [-0.25, -0.2) is 8.78 Å². The average molecular weight is 323 g/mol. The first kappa shape index (κ1) is 15.0. The van der Waals surface area contributed by atoms with Crippen molar-refractivity contribution in [2.75, 3.05) is 32.1 Å². The van der Waals surface area contributed by atoms with E-state index in [1.165, 1.54) is 0 Å². The summed E-state index contributed by atoms with van der Waals surface area (Å²) in [6.07, 6.45) is 0. The second kappa shape index (κ2) is 7.40. The summed E-state index contributed by atoms with van der Waals surface area (Å²) in [6.45, 7) is 1.01. The second-order valence-corrected chi connectivity index (χ2v) is 4.32. The third kappa shape index (κ3) is 4.67. The first-order chi connectivity index (χ1) is 8.54. The highest BCUT2D eigenvalue weighted by molar-refractivity contribution is 9.10. The number of methoxy groups -OCH3 is 1. The summed E-state index contributed by atoms with van der Waals surface area (Å²) in [4.78, 5) is 11.5. The lowest BCUT2D eigenvalue weighted by atomic mass is 10.3. The highest BCUT2D eigenvalue weighted by atomic mass is 79.9. The number of hydrogen-bond acceptors (Lipinski definition) is 3. The van der Waals surface area contributed by atoms with Crippen LogP contribution in [0.4, 0.5) is 14.5 Å². The molecule has 4 nitrogen and oxygen atoms in total. The Morgan fingerprint density at radius 2 is 2.17 bits per heavy atom. The van der Waals surface area contributed by atoms with Gasteiger partial charge in [-0.1, -0.05) is 0 Å². The molecule has 0 saturated heterocycles. The first-order valence-corrected chi connectivity index (χ1v) is 5.98. The number of nitrogens with one attached hydrogen (secondary N) is 2. The number of hydrogen-bond donors (Lipinski definition) is 2. The number of carbonyl (C=O) groups excluding carboxylic acids is 1. The van der Waals surface area contributed by atoms with Crippen LogP contribution < -0.4 is 10.6 Å². The minimum atomic E-state index is -0.827. The van der Waals surface area contributed by atoms with Crippen LogP contribution >= 0.6 is 15.9 Å². The standard InChI is InChI=1S/C11H13BrF2N2O2/c1-18-3-2-15-6-10(17)16-11-8(12)4-7(13)5-9(11)14/h4-5,15H,2-3,6H2,1H3,(H,16,17). The minimum Gasteiger partial charge on any atom is -0.383 e. The molecular weight excluding hydrogens is 310 g/mol. The zero-order valence-electron chi connectivity index (χ0n) is 9.73. The molecule has 0 saturated carbocycles. The van der Waals surface area contributed by atoms with Crippen LogP contribution in [0.25, 0.3) is 0 Å². The van der Waals surface area contributed by atoms with E-state index in [0.29, 0.717) is 19.2 Å². The molecule has 0 spiro atoms. The van der Waals surface area contributed by atoms with Crippen molar-refractivity contribution in [1.82, 2.24) is 5.32 Å². The van der Waals surface area contributed by atoms with Crippen molar-refractivity contribution in [3.63, 3.8) is 0 Å². The van der Waals surface area contributed by atoms with E-state index in [2.05, 4.69) is 26.6 Å². The zero-order chi connectivity index (χ0) is 13.5. The maximum absolute atomic E-state index is 13.4. The predicted molar refractivity (Wildman–Crippen MR) is 67.4 cm³/mol. The van der Waals surface area contributed by atoms with Crippen LogP contribution in [0.2, 0.25) is 0 Å². The quantitative estimate of drug-likeness (QED) is 0.786. The van der Waals surface area contributed by atoms with Gasteiger partial charge >= 0.3 is 0 Å². The molecule has 1 aromatic rings. The van der Waals surface area contributed by atoms with E-state index in [0.717, 1.165) is 6.07 Å². The maximum Gasteiger partial charge on any atom is 0.238 e. The van der Waals surface area contributed by atoms with Gasteiger partial charge in [-0.2, -0.15) is 0 Å².